The predicted octanol–water partition coefficient (Wildman–Crippen LogP) is 4.88. The number of rotatable bonds is 3. The monoisotopic (exact) mass is 565 g/mol. The van der Waals surface area contributed by atoms with E-state index in [0.717, 1.165) is 22.2 Å². The maximum atomic E-state index is 11.3. The molecular formula is C23H20N3O2Pt-. The van der Waals surface area contributed by atoms with E-state index in [4.69, 9.17) is 0 Å². The molecule has 3 aromatic heterocycles. The Morgan fingerprint density at radius 2 is 1.90 bits per heavy atom. The Hall–Kier alpha value is -2.78. The fourth-order valence-corrected chi connectivity index (χ4v) is 3.12. The van der Waals surface area contributed by atoms with Crippen LogP contribution in [0, 0.1) is 6.07 Å². The number of aromatic carboxylic acids is 1. The minimum atomic E-state index is -1.05. The molecule has 4 rings (SSSR count). The van der Waals surface area contributed by atoms with Crippen LogP contribution >= 0.6 is 0 Å². The van der Waals surface area contributed by atoms with Gasteiger partial charge in [-0.15, -0.1) is 23.8 Å². The van der Waals surface area contributed by atoms with Gasteiger partial charge in [0.25, 0.3) is 0 Å². The van der Waals surface area contributed by atoms with Crippen LogP contribution in [0.25, 0.3) is 28.0 Å². The summed E-state index contributed by atoms with van der Waals surface area (Å²) in [6, 6.07) is 18.5. The summed E-state index contributed by atoms with van der Waals surface area (Å²) < 4.78 is 1.85. The van der Waals surface area contributed by atoms with Gasteiger partial charge >= 0.3 is 5.97 Å². The molecule has 0 radical (unpaired) electrons. The summed E-state index contributed by atoms with van der Waals surface area (Å²) in [6.07, 6.45) is 3.70. The standard InChI is InChI=1S/C23H20N3O2.Pt/c1-23(2,3)17-9-11-24-19(14-17)16-8-7-15-10-12-26(20(15)13-16)21-6-4-5-18(25-21)22(27)28;/h4-12,14H,1-3H3,(H,27,28);/q-1;. The van der Waals surface area contributed by atoms with Crippen LogP contribution in [0.5, 0.6) is 0 Å². The zero-order valence-electron chi connectivity index (χ0n) is 16.3. The van der Waals surface area contributed by atoms with Crippen LogP contribution in [-0.4, -0.2) is 25.6 Å². The number of carboxylic acid groups (broad SMARTS) is 1. The summed E-state index contributed by atoms with van der Waals surface area (Å²) >= 11 is 0. The number of hydrogen-bond donors (Lipinski definition) is 1. The summed E-state index contributed by atoms with van der Waals surface area (Å²) in [6.45, 7) is 6.52. The van der Waals surface area contributed by atoms with Crippen LogP contribution < -0.4 is 0 Å². The quantitative estimate of drug-likeness (QED) is 0.360. The Bertz CT molecular complexity index is 1190. The number of fused-ring (bicyclic) bond motifs is 1. The molecule has 6 heteroatoms. The van der Waals surface area contributed by atoms with Crippen molar-refractivity contribution < 1.29 is 31.0 Å². The van der Waals surface area contributed by atoms with E-state index in [9.17, 15) is 9.90 Å². The maximum Gasteiger partial charge on any atom is 0.354 e. The Kier molecular flexibility index (Phi) is 5.72. The number of carboxylic acids is 1. The molecule has 4 aromatic rings. The second kappa shape index (κ2) is 7.92. The van der Waals surface area contributed by atoms with Gasteiger partial charge < -0.3 is 14.7 Å². The van der Waals surface area contributed by atoms with Crippen molar-refractivity contribution in [1.82, 2.24) is 14.5 Å². The van der Waals surface area contributed by atoms with Gasteiger partial charge in [-0.05, 0) is 40.4 Å². The van der Waals surface area contributed by atoms with E-state index in [0.29, 0.717) is 5.82 Å². The molecule has 29 heavy (non-hydrogen) atoms. The van der Waals surface area contributed by atoms with E-state index in [1.54, 1.807) is 12.1 Å². The summed E-state index contributed by atoms with van der Waals surface area (Å²) in [7, 11) is 0. The number of benzene rings is 1. The molecule has 3 heterocycles. The van der Waals surface area contributed by atoms with Gasteiger partial charge in [-0.2, -0.15) is 0 Å². The Balaban J connectivity index is 0.00000240. The third-order valence-electron chi connectivity index (χ3n) is 4.70. The van der Waals surface area contributed by atoms with Crippen molar-refractivity contribution in [2.24, 2.45) is 0 Å². The zero-order chi connectivity index (χ0) is 19.9. The van der Waals surface area contributed by atoms with Gasteiger partial charge in [-0.25, -0.2) is 9.78 Å². The topological polar surface area (TPSA) is 68.0 Å². The zero-order valence-corrected chi connectivity index (χ0v) is 18.6. The van der Waals surface area contributed by atoms with Crippen molar-refractivity contribution in [3.05, 3.63) is 78.2 Å². The fourth-order valence-electron chi connectivity index (χ4n) is 3.12. The molecule has 0 aliphatic rings. The molecule has 0 fully saturated rings. The number of carbonyl (C=O) groups is 1. The Labute approximate surface area is 183 Å². The molecule has 150 valence electrons. The van der Waals surface area contributed by atoms with E-state index in [1.807, 2.05) is 41.2 Å². The van der Waals surface area contributed by atoms with E-state index >= 15 is 0 Å². The van der Waals surface area contributed by atoms with Crippen molar-refractivity contribution in [2.75, 3.05) is 0 Å². The average Bonchev–Trinajstić information content (AvgIpc) is 3.11. The minimum Gasteiger partial charge on any atom is -0.477 e. The minimum absolute atomic E-state index is 0. The van der Waals surface area contributed by atoms with Gasteiger partial charge in [0.05, 0.1) is 0 Å². The second-order valence-corrected chi connectivity index (χ2v) is 7.73. The maximum absolute atomic E-state index is 11.3. The smallest absolute Gasteiger partial charge is 0.354 e. The van der Waals surface area contributed by atoms with Crippen LogP contribution in [0.15, 0.2) is 60.9 Å². The van der Waals surface area contributed by atoms with Crippen molar-refractivity contribution >= 4 is 16.9 Å². The molecule has 0 saturated heterocycles. The first-order chi connectivity index (χ1) is 13.3. The van der Waals surface area contributed by atoms with Crippen LogP contribution in [0.1, 0.15) is 36.8 Å². The molecule has 5 nitrogen and oxygen atoms in total. The third kappa shape index (κ3) is 4.15. The fraction of sp³-hybridized carbons (Fsp3) is 0.174. The van der Waals surface area contributed by atoms with E-state index < -0.39 is 5.97 Å². The number of pyridine rings is 2. The molecule has 0 bridgehead atoms. The first-order valence-electron chi connectivity index (χ1n) is 9.04. The van der Waals surface area contributed by atoms with Crippen molar-refractivity contribution in [3.8, 4) is 17.1 Å². The van der Waals surface area contributed by atoms with Crippen LogP contribution in [0.3, 0.4) is 0 Å². The summed E-state index contributed by atoms with van der Waals surface area (Å²) in [5.74, 6) is -0.508. The first-order valence-corrected chi connectivity index (χ1v) is 9.04. The number of nitrogens with zero attached hydrogens (tertiary/aromatic N) is 3. The average molecular weight is 566 g/mol. The molecule has 0 atom stereocenters. The van der Waals surface area contributed by atoms with Gasteiger partial charge in [0.1, 0.15) is 5.82 Å². The van der Waals surface area contributed by atoms with E-state index in [-0.39, 0.29) is 32.2 Å². The number of hydrogen-bond acceptors (Lipinski definition) is 3. The van der Waals surface area contributed by atoms with Crippen LogP contribution in [-0.2, 0) is 26.5 Å². The molecule has 1 N–H and O–H groups in total. The molecule has 0 spiro atoms. The van der Waals surface area contributed by atoms with Crippen molar-refractivity contribution in [2.45, 2.75) is 26.2 Å². The third-order valence-corrected chi connectivity index (χ3v) is 4.70. The van der Waals surface area contributed by atoms with E-state index in [2.05, 4.69) is 42.9 Å². The van der Waals surface area contributed by atoms with Crippen molar-refractivity contribution in [1.29, 1.82) is 0 Å². The van der Waals surface area contributed by atoms with Gasteiger partial charge in [0.15, 0.2) is 5.69 Å². The molecular weight excluding hydrogens is 545 g/mol. The predicted molar refractivity (Wildman–Crippen MR) is 109 cm³/mol. The van der Waals surface area contributed by atoms with Crippen LogP contribution in [0.4, 0.5) is 0 Å². The van der Waals surface area contributed by atoms with Gasteiger partial charge in [-0.3, -0.25) is 0 Å². The molecule has 0 amide bonds. The van der Waals surface area contributed by atoms with Crippen LogP contribution in [0.2, 0.25) is 0 Å². The molecule has 1 aromatic carbocycles. The van der Waals surface area contributed by atoms with Gasteiger partial charge in [0.2, 0.25) is 0 Å². The van der Waals surface area contributed by atoms with Crippen molar-refractivity contribution in [3.63, 3.8) is 0 Å². The molecule has 0 saturated carbocycles. The largest absolute Gasteiger partial charge is 0.477 e. The van der Waals surface area contributed by atoms with Gasteiger partial charge in [-0.1, -0.05) is 44.4 Å². The number of aromatic nitrogens is 3. The molecule has 0 unspecified atom stereocenters. The Morgan fingerprint density at radius 3 is 2.62 bits per heavy atom. The second-order valence-electron chi connectivity index (χ2n) is 7.73. The van der Waals surface area contributed by atoms with E-state index in [1.165, 1.54) is 11.6 Å². The summed E-state index contributed by atoms with van der Waals surface area (Å²) in [4.78, 5) is 20.0. The molecule has 0 aliphatic carbocycles. The normalized spacial score (nSPS) is 11.3. The molecule has 0 aliphatic heterocycles. The summed E-state index contributed by atoms with van der Waals surface area (Å²) in [5.41, 5.74) is 3.81. The Morgan fingerprint density at radius 1 is 1.10 bits per heavy atom. The summed E-state index contributed by atoms with van der Waals surface area (Å²) in [5, 5.41) is 10.2. The first kappa shape index (κ1) is 20.9. The van der Waals surface area contributed by atoms with Gasteiger partial charge in [0, 0.05) is 33.5 Å². The SMILES string of the molecule is CC(C)(C)c1ccnc(-c2[c-]c3c(cc2)ccn3-c2cccc(C(=O)O)n2)c1.[Pt].